The number of carbonyl (C=O) groups is 2. The molecule has 2 aliphatic carbocycles. The number of aliphatic hydroxyl groups is 2. The Morgan fingerprint density at radius 3 is 1.72 bits per heavy atom. The van der Waals surface area contributed by atoms with Gasteiger partial charge >= 0.3 is 29.0 Å². The SMILES string of the molecule is C=CCn1c(=O)n(CC(O)COC(=O)C2C3C=CC(C3)C2C(=O)OC(C)COC)c(=O)n(CC(O)COc2c(C)cc(S(=O)(=O)c3cc(C)c(OC)c(C)c3)cc2C)c1=O. The molecule has 0 spiro atoms. The van der Waals surface area contributed by atoms with Gasteiger partial charge in [0.2, 0.25) is 9.84 Å². The molecule has 1 heterocycles. The molecule has 7 atom stereocenters. The average Bonchev–Trinajstić information content (AvgIpc) is 3.81. The molecule has 2 bridgehead atoms. The maximum absolute atomic E-state index is 13.6. The molecule has 0 amide bonds. The van der Waals surface area contributed by atoms with Crippen LogP contribution >= 0.6 is 0 Å². The van der Waals surface area contributed by atoms with Crippen LogP contribution in [0.2, 0.25) is 0 Å². The molecule has 7 unspecified atom stereocenters. The minimum atomic E-state index is -3.94. The van der Waals surface area contributed by atoms with E-state index in [0.717, 1.165) is 0 Å². The van der Waals surface area contributed by atoms with Crippen molar-refractivity contribution in [1.82, 2.24) is 13.7 Å². The molecule has 17 nitrogen and oxygen atoms in total. The summed E-state index contributed by atoms with van der Waals surface area (Å²) in [6, 6.07) is 5.97. The molecular formula is C42H53N3O14S. The second-order valence-corrected chi connectivity index (χ2v) is 17.3. The van der Waals surface area contributed by atoms with E-state index in [2.05, 4.69) is 6.58 Å². The molecule has 60 heavy (non-hydrogen) atoms. The van der Waals surface area contributed by atoms with Gasteiger partial charge in [-0.25, -0.2) is 36.5 Å². The van der Waals surface area contributed by atoms with E-state index in [0.29, 0.717) is 48.1 Å². The van der Waals surface area contributed by atoms with Gasteiger partial charge in [-0.1, -0.05) is 18.2 Å². The van der Waals surface area contributed by atoms with Crippen molar-refractivity contribution in [3.05, 3.63) is 103 Å². The Kier molecular flexibility index (Phi) is 14.5. The van der Waals surface area contributed by atoms with Crippen molar-refractivity contribution < 1.29 is 51.9 Å². The summed E-state index contributed by atoms with van der Waals surface area (Å²) in [5, 5.41) is 21.9. The average molecular weight is 856 g/mol. The van der Waals surface area contributed by atoms with Crippen LogP contribution in [0.4, 0.5) is 0 Å². The molecule has 18 heteroatoms. The normalized spacial score (nSPS) is 19.8. The fraction of sp³-hybridized carbons (Fsp3) is 0.500. The number of aliphatic hydroxyl groups excluding tert-OH is 2. The Hall–Kier alpha value is -5.30. The first-order valence-electron chi connectivity index (χ1n) is 19.4. The first-order chi connectivity index (χ1) is 28.3. The van der Waals surface area contributed by atoms with Crippen molar-refractivity contribution in [2.24, 2.45) is 23.7 Å². The Labute approximate surface area is 347 Å². The lowest BCUT2D eigenvalue weighted by molar-refractivity contribution is -0.166. The predicted molar refractivity (Wildman–Crippen MR) is 217 cm³/mol. The van der Waals surface area contributed by atoms with Crippen LogP contribution in [0.3, 0.4) is 0 Å². The van der Waals surface area contributed by atoms with Crippen molar-refractivity contribution in [2.45, 2.75) is 88.8 Å². The van der Waals surface area contributed by atoms with E-state index in [-0.39, 0.29) is 40.5 Å². The highest BCUT2D eigenvalue weighted by molar-refractivity contribution is 7.91. The molecular weight excluding hydrogens is 803 g/mol. The van der Waals surface area contributed by atoms with Crippen LogP contribution in [0.15, 0.2) is 73.2 Å². The van der Waals surface area contributed by atoms with Crippen LogP contribution in [-0.2, 0) is 53.3 Å². The van der Waals surface area contributed by atoms with E-state index in [1.165, 1.54) is 44.6 Å². The van der Waals surface area contributed by atoms with Gasteiger partial charge in [-0.2, -0.15) is 0 Å². The Bertz CT molecular complexity index is 2400. The predicted octanol–water partition coefficient (Wildman–Crippen LogP) is 1.79. The molecule has 1 fully saturated rings. The van der Waals surface area contributed by atoms with Gasteiger partial charge in [-0.3, -0.25) is 9.59 Å². The number of hydrogen-bond donors (Lipinski definition) is 2. The number of carbonyl (C=O) groups excluding carboxylic acids is 2. The maximum atomic E-state index is 13.6. The summed E-state index contributed by atoms with van der Waals surface area (Å²) in [7, 11) is -0.951. The van der Waals surface area contributed by atoms with Crippen LogP contribution < -0.4 is 26.5 Å². The maximum Gasteiger partial charge on any atom is 0.336 e. The summed E-state index contributed by atoms with van der Waals surface area (Å²) < 4.78 is 56.4. The zero-order chi connectivity index (χ0) is 44.2. The minimum Gasteiger partial charge on any atom is -0.496 e. The van der Waals surface area contributed by atoms with Crippen LogP contribution in [-0.4, -0.2) is 96.6 Å². The zero-order valence-corrected chi connectivity index (χ0v) is 35.6. The number of nitrogens with zero attached hydrogens (tertiary/aromatic N) is 3. The number of esters is 2. The third-order valence-electron chi connectivity index (χ3n) is 10.7. The van der Waals surface area contributed by atoms with E-state index >= 15 is 0 Å². The van der Waals surface area contributed by atoms with E-state index in [4.69, 9.17) is 23.7 Å². The molecule has 1 saturated carbocycles. The highest BCUT2D eigenvalue weighted by atomic mass is 32.2. The van der Waals surface area contributed by atoms with Crippen LogP contribution in [0, 0.1) is 51.4 Å². The van der Waals surface area contributed by atoms with E-state index in [1.807, 2.05) is 12.2 Å². The van der Waals surface area contributed by atoms with E-state index in [9.17, 15) is 42.6 Å². The number of sulfone groups is 1. The Morgan fingerprint density at radius 1 is 0.767 bits per heavy atom. The Balaban J connectivity index is 1.28. The van der Waals surface area contributed by atoms with Crippen molar-refractivity contribution in [2.75, 3.05) is 34.0 Å². The third-order valence-corrected chi connectivity index (χ3v) is 12.4. The summed E-state index contributed by atoms with van der Waals surface area (Å²) >= 11 is 0. The van der Waals surface area contributed by atoms with Gasteiger partial charge in [0.1, 0.15) is 43.0 Å². The lowest BCUT2D eigenvalue weighted by atomic mass is 9.83. The molecule has 5 rings (SSSR count). The molecule has 0 radical (unpaired) electrons. The monoisotopic (exact) mass is 855 g/mol. The van der Waals surface area contributed by atoms with Crippen LogP contribution in [0.25, 0.3) is 0 Å². The number of ether oxygens (including phenoxy) is 5. The standard InChI is InChI=1S/C42H53N3O14S/c1-9-12-43-40(50)44(18-30(46)21-57-37-25(4)15-33(16-26(37)5)60(53,54)32-13-23(2)36(56-8)24(3)14-32)42(52)45(41(43)51)19-31(47)22-58-38(48)34-28-10-11-29(17-28)35(34)39(49)59-27(6)20-55-7/h9-11,13-16,27-31,34-35,46-47H,1,12,17-22H2,2-8H3. The lowest BCUT2D eigenvalue weighted by Crippen LogP contribution is -2.56. The number of hydrogen-bond acceptors (Lipinski definition) is 14. The summed E-state index contributed by atoms with van der Waals surface area (Å²) in [5.41, 5.74) is -1.05. The Morgan fingerprint density at radius 2 is 1.23 bits per heavy atom. The van der Waals surface area contributed by atoms with Gasteiger partial charge in [-0.15, -0.1) is 6.58 Å². The number of rotatable bonds is 19. The van der Waals surface area contributed by atoms with Gasteiger partial charge in [0.05, 0.1) is 55.0 Å². The topological polar surface area (TPSA) is 221 Å². The highest BCUT2D eigenvalue weighted by Crippen LogP contribution is 2.49. The van der Waals surface area contributed by atoms with Gasteiger partial charge in [-0.05, 0) is 99.4 Å². The van der Waals surface area contributed by atoms with E-state index in [1.54, 1.807) is 34.6 Å². The smallest absolute Gasteiger partial charge is 0.336 e. The third kappa shape index (κ3) is 9.51. The lowest BCUT2D eigenvalue weighted by Gasteiger charge is -2.26. The number of fused-ring (bicyclic) bond motifs is 2. The first-order valence-corrected chi connectivity index (χ1v) is 20.9. The number of aryl methyl sites for hydroxylation is 4. The van der Waals surface area contributed by atoms with Gasteiger partial charge < -0.3 is 33.9 Å². The van der Waals surface area contributed by atoms with Crippen molar-refractivity contribution in [3.8, 4) is 11.5 Å². The van der Waals surface area contributed by atoms with Gasteiger partial charge in [0, 0.05) is 7.11 Å². The van der Waals surface area contributed by atoms with Crippen LogP contribution in [0.1, 0.15) is 35.6 Å². The second kappa shape index (κ2) is 19.0. The van der Waals surface area contributed by atoms with Crippen molar-refractivity contribution in [3.63, 3.8) is 0 Å². The summed E-state index contributed by atoms with van der Waals surface area (Å²) in [6.45, 7) is 9.50. The second-order valence-electron chi connectivity index (χ2n) is 15.4. The molecule has 0 saturated heterocycles. The highest BCUT2D eigenvalue weighted by Gasteiger charge is 2.53. The summed E-state index contributed by atoms with van der Waals surface area (Å²) in [6.07, 6.45) is 1.92. The number of benzene rings is 2. The molecule has 326 valence electrons. The summed E-state index contributed by atoms with van der Waals surface area (Å²) in [5.74, 6) is -2.59. The minimum absolute atomic E-state index is 0.0304. The van der Waals surface area contributed by atoms with Crippen molar-refractivity contribution in [1.29, 1.82) is 0 Å². The zero-order valence-electron chi connectivity index (χ0n) is 34.8. The quantitative estimate of drug-likeness (QED) is 0.130. The largest absolute Gasteiger partial charge is 0.496 e. The number of aromatic nitrogens is 3. The van der Waals surface area contributed by atoms with Gasteiger partial charge in [0.25, 0.3) is 0 Å². The fourth-order valence-corrected chi connectivity index (χ4v) is 9.69. The molecule has 2 aliphatic rings. The molecule has 1 aromatic heterocycles. The molecule has 3 aromatic rings. The molecule has 0 aliphatic heterocycles. The number of methoxy groups -OCH3 is 2. The molecule has 2 aromatic carbocycles. The van der Waals surface area contributed by atoms with Gasteiger partial charge in [0.15, 0.2) is 0 Å². The fourth-order valence-electron chi connectivity index (χ4n) is 8.09. The first kappa shape index (κ1) is 45.8. The summed E-state index contributed by atoms with van der Waals surface area (Å²) in [4.78, 5) is 66.8. The van der Waals surface area contributed by atoms with Crippen molar-refractivity contribution >= 4 is 21.8 Å². The number of allylic oxidation sites excluding steroid dienone is 3. The van der Waals surface area contributed by atoms with E-state index < -0.39 is 95.3 Å². The molecule has 2 N–H and O–H groups in total. The van der Waals surface area contributed by atoms with Crippen LogP contribution in [0.5, 0.6) is 11.5 Å².